The van der Waals surface area contributed by atoms with Crippen molar-refractivity contribution < 1.29 is 9.84 Å². The highest BCUT2D eigenvalue weighted by Crippen LogP contribution is 2.28. The Balaban J connectivity index is 1.82. The summed E-state index contributed by atoms with van der Waals surface area (Å²) in [5, 5.41) is 10.0. The molecule has 0 radical (unpaired) electrons. The Bertz CT molecular complexity index is 538. The molecule has 20 heavy (non-hydrogen) atoms. The van der Waals surface area contributed by atoms with Gasteiger partial charge in [-0.25, -0.2) is 0 Å². The van der Waals surface area contributed by atoms with Crippen molar-refractivity contribution in [2.24, 2.45) is 0 Å². The number of rotatable bonds is 6. The number of benzene rings is 2. The van der Waals surface area contributed by atoms with E-state index < -0.39 is 6.10 Å². The first-order chi connectivity index (χ1) is 9.66. The number of ether oxygens (including phenoxy) is 1. The molecular weight excluding hydrogens is 272 g/mol. The molecule has 0 bridgehead atoms. The third-order valence-corrected chi connectivity index (χ3v) is 3.44. The van der Waals surface area contributed by atoms with E-state index in [9.17, 15) is 5.11 Å². The van der Waals surface area contributed by atoms with E-state index in [1.165, 1.54) is 5.56 Å². The van der Waals surface area contributed by atoms with Crippen LogP contribution in [0.3, 0.4) is 0 Å². The van der Waals surface area contributed by atoms with Crippen molar-refractivity contribution >= 4 is 11.6 Å². The van der Waals surface area contributed by atoms with E-state index in [1.807, 2.05) is 30.3 Å². The average Bonchev–Trinajstić information content (AvgIpc) is 2.46. The normalized spacial score (nSPS) is 12.2. The van der Waals surface area contributed by atoms with Gasteiger partial charge in [0.2, 0.25) is 0 Å². The standard InChI is InChI=1S/C17H19ClO2/c1-13(19)15-9-10-17(16(18)12-15)20-11-5-8-14-6-3-2-4-7-14/h2-4,6-7,9-10,12-13,19H,5,8,11H2,1H3/t13-/m1/s1. The molecule has 2 aromatic carbocycles. The number of hydrogen-bond donors (Lipinski definition) is 1. The van der Waals surface area contributed by atoms with Crippen molar-refractivity contribution in [3.8, 4) is 5.75 Å². The highest BCUT2D eigenvalue weighted by atomic mass is 35.5. The Kier molecular flexibility index (Phi) is 5.45. The van der Waals surface area contributed by atoms with E-state index >= 15 is 0 Å². The summed E-state index contributed by atoms with van der Waals surface area (Å²) in [5.41, 5.74) is 2.11. The van der Waals surface area contributed by atoms with Crippen molar-refractivity contribution in [2.75, 3.05) is 6.61 Å². The molecule has 0 saturated heterocycles. The Labute approximate surface area is 125 Å². The van der Waals surface area contributed by atoms with Gasteiger partial charge in [0.05, 0.1) is 17.7 Å². The van der Waals surface area contributed by atoms with Crippen molar-refractivity contribution in [3.05, 3.63) is 64.7 Å². The van der Waals surface area contributed by atoms with Gasteiger partial charge in [0.15, 0.2) is 0 Å². The number of halogens is 1. The molecule has 0 saturated carbocycles. The van der Waals surface area contributed by atoms with Crippen LogP contribution in [0.5, 0.6) is 5.75 Å². The summed E-state index contributed by atoms with van der Waals surface area (Å²) in [7, 11) is 0. The maximum atomic E-state index is 9.48. The maximum absolute atomic E-state index is 9.48. The largest absolute Gasteiger partial charge is 0.492 e. The zero-order valence-electron chi connectivity index (χ0n) is 11.6. The molecule has 0 aromatic heterocycles. The SMILES string of the molecule is C[C@@H](O)c1ccc(OCCCc2ccccc2)c(Cl)c1. The Morgan fingerprint density at radius 3 is 2.55 bits per heavy atom. The number of aliphatic hydroxyl groups is 1. The van der Waals surface area contributed by atoms with Crippen LogP contribution in [0.25, 0.3) is 0 Å². The minimum atomic E-state index is -0.514. The van der Waals surface area contributed by atoms with E-state index in [1.54, 1.807) is 13.0 Å². The first-order valence-electron chi connectivity index (χ1n) is 6.81. The van der Waals surface area contributed by atoms with Crippen LogP contribution in [0.2, 0.25) is 5.02 Å². The summed E-state index contributed by atoms with van der Waals surface area (Å²) in [4.78, 5) is 0. The second-order valence-electron chi connectivity index (χ2n) is 4.80. The number of hydrogen-bond acceptors (Lipinski definition) is 2. The molecule has 0 spiro atoms. The molecule has 1 atom stereocenters. The molecule has 0 aliphatic carbocycles. The molecule has 0 aliphatic rings. The van der Waals surface area contributed by atoms with Gasteiger partial charge < -0.3 is 9.84 Å². The van der Waals surface area contributed by atoms with Gasteiger partial charge in [0.25, 0.3) is 0 Å². The molecule has 0 unspecified atom stereocenters. The maximum Gasteiger partial charge on any atom is 0.137 e. The lowest BCUT2D eigenvalue weighted by molar-refractivity contribution is 0.199. The van der Waals surface area contributed by atoms with Crippen LogP contribution in [0.4, 0.5) is 0 Å². The predicted octanol–water partition coefficient (Wildman–Crippen LogP) is 4.40. The molecule has 106 valence electrons. The van der Waals surface area contributed by atoms with Gasteiger partial charge in [0.1, 0.15) is 5.75 Å². The van der Waals surface area contributed by atoms with Crippen LogP contribution in [0, 0.1) is 0 Å². The molecule has 3 heteroatoms. The van der Waals surface area contributed by atoms with Crippen LogP contribution in [0.1, 0.15) is 30.6 Å². The van der Waals surface area contributed by atoms with Crippen molar-refractivity contribution in [1.29, 1.82) is 0 Å². The van der Waals surface area contributed by atoms with Crippen molar-refractivity contribution in [2.45, 2.75) is 25.9 Å². The molecule has 2 nitrogen and oxygen atoms in total. The summed E-state index contributed by atoms with van der Waals surface area (Å²) in [6, 6.07) is 15.7. The topological polar surface area (TPSA) is 29.5 Å². The fourth-order valence-electron chi connectivity index (χ4n) is 2.00. The third kappa shape index (κ3) is 4.26. The minimum Gasteiger partial charge on any atom is -0.492 e. The summed E-state index contributed by atoms with van der Waals surface area (Å²) < 4.78 is 5.68. The second kappa shape index (κ2) is 7.32. The lowest BCUT2D eigenvalue weighted by atomic mass is 10.1. The molecule has 1 N–H and O–H groups in total. The van der Waals surface area contributed by atoms with Gasteiger partial charge in [-0.15, -0.1) is 0 Å². The van der Waals surface area contributed by atoms with Gasteiger partial charge in [-0.05, 0) is 43.0 Å². The smallest absolute Gasteiger partial charge is 0.137 e. The summed E-state index contributed by atoms with van der Waals surface area (Å²) in [6.07, 6.45) is 1.42. The molecular formula is C17H19ClO2. The highest BCUT2D eigenvalue weighted by Gasteiger charge is 2.06. The van der Waals surface area contributed by atoms with Gasteiger partial charge in [-0.1, -0.05) is 48.0 Å². The average molecular weight is 291 g/mol. The second-order valence-corrected chi connectivity index (χ2v) is 5.21. The van der Waals surface area contributed by atoms with Gasteiger partial charge in [-0.2, -0.15) is 0 Å². The van der Waals surface area contributed by atoms with Crippen LogP contribution in [-0.2, 0) is 6.42 Å². The van der Waals surface area contributed by atoms with Crippen LogP contribution in [0.15, 0.2) is 48.5 Å². The Morgan fingerprint density at radius 1 is 1.15 bits per heavy atom. The van der Waals surface area contributed by atoms with Crippen LogP contribution in [-0.4, -0.2) is 11.7 Å². The quantitative estimate of drug-likeness (QED) is 0.799. The monoisotopic (exact) mass is 290 g/mol. The van der Waals surface area contributed by atoms with Crippen LogP contribution >= 0.6 is 11.6 Å². The summed E-state index contributed by atoms with van der Waals surface area (Å²) >= 11 is 6.13. The van der Waals surface area contributed by atoms with E-state index in [-0.39, 0.29) is 0 Å². The molecule has 0 heterocycles. The Morgan fingerprint density at radius 2 is 1.90 bits per heavy atom. The highest BCUT2D eigenvalue weighted by molar-refractivity contribution is 6.32. The van der Waals surface area contributed by atoms with Gasteiger partial charge in [0, 0.05) is 0 Å². The first-order valence-corrected chi connectivity index (χ1v) is 7.19. The first kappa shape index (κ1) is 14.9. The van der Waals surface area contributed by atoms with Crippen molar-refractivity contribution in [1.82, 2.24) is 0 Å². The van der Waals surface area contributed by atoms with E-state index in [2.05, 4.69) is 12.1 Å². The zero-order chi connectivity index (χ0) is 14.4. The van der Waals surface area contributed by atoms with Gasteiger partial charge >= 0.3 is 0 Å². The minimum absolute atomic E-state index is 0.514. The van der Waals surface area contributed by atoms with Gasteiger partial charge in [-0.3, -0.25) is 0 Å². The number of aliphatic hydroxyl groups excluding tert-OH is 1. The summed E-state index contributed by atoms with van der Waals surface area (Å²) in [5.74, 6) is 0.670. The molecule has 0 amide bonds. The lowest BCUT2D eigenvalue weighted by Crippen LogP contribution is -2.00. The fraction of sp³-hybridized carbons (Fsp3) is 0.294. The van der Waals surface area contributed by atoms with E-state index in [4.69, 9.17) is 16.3 Å². The van der Waals surface area contributed by atoms with Crippen molar-refractivity contribution in [3.63, 3.8) is 0 Å². The zero-order valence-corrected chi connectivity index (χ0v) is 12.3. The predicted molar refractivity (Wildman–Crippen MR) is 82.3 cm³/mol. The van der Waals surface area contributed by atoms with Crippen LogP contribution < -0.4 is 4.74 Å². The van der Waals surface area contributed by atoms with E-state index in [0.717, 1.165) is 18.4 Å². The third-order valence-electron chi connectivity index (χ3n) is 3.15. The Hall–Kier alpha value is -1.51. The van der Waals surface area contributed by atoms with E-state index in [0.29, 0.717) is 17.4 Å². The fourth-order valence-corrected chi connectivity index (χ4v) is 2.24. The molecule has 0 aliphatic heterocycles. The lowest BCUT2D eigenvalue weighted by Gasteiger charge is -2.11. The summed E-state index contributed by atoms with van der Waals surface area (Å²) in [6.45, 7) is 2.34. The molecule has 2 aromatic rings. The number of aryl methyl sites for hydroxylation is 1. The molecule has 2 rings (SSSR count). The molecule has 0 fully saturated rings.